The Morgan fingerprint density at radius 3 is 2.39 bits per heavy atom. The monoisotopic (exact) mass is 469 g/mol. The molecular weight excluding hydrogens is 443 g/mol. The second kappa shape index (κ2) is 8.15. The number of aliphatic carboxylic acids is 1. The van der Waals surface area contributed by atoms with Gasteiger partial charge < -0.3 is 20.6 Å². The van der Waals surface area contributed by atoms with Crippen LogP contribution in [0.4, 0.5) is 19.0 Å². The highest BCUT2D eigenvalue weighted by Gasteiger charge is 2.63. The molecule has 3 heterocycles. The summed E-state index contributed by atoms with van der Waals surface area (Å²) in [6.45, 7) is 0.988. The summed E-state index contributed by atoms with van der Waals surface area (Å²) >= 11 is 0. The molecule has 0 radical (unpaired) electrons. The smallest absolute Gasteiger partial charge is 0.419 e. The first-order valence-corrected chi connectivity index (χ1v) is 10.7. The van der Waals surface area contributed by atoms with Crippen LogP contribution in [0.15, 0.2) is 18.3 Å². The second-order valence-electron chi connectivity index (χ2n) is 9.21. The number of hydrogen-bond acceptors (Lipinski definition) is 6. The van der Waals surface area contributed by atoms with Crippen molar-refractivity contribution in [3.63, 3.8) is 0 Å². The molecule has 9 nitrogen and oxygen atoms in total. The molecule has 1 aromatic heterocycles. The Hall–Kier alpha value is -2.89. The molecule has 1 saturated carbocycles. The summed E-state index contributed by atoms with van der Waals surface area (Å²) in [6, 6.07) is 1.29. The predicted octanol–water partition coefficient (Wildman–Crippen LogP) is 0.646. The first-order valence-electron chi connectivity index (χ1n) is 10.7. The van der Waals surface area contributed by atoms with E-state index >= 15 is 0 Å². The van der Waals surface area contributed by atoms with Crippen LogP contribution in [-0.2, 0) is 20.6 Å². The van der Waals surface area contributed by atoms with Crippen molar-refractivity contribution in [2.45, 2.75) is 25.1 Å². The quantitative estimate of drug-likeness (QED) is 0.664. The largest absolute Gasteiger partial charge is 0.481 e. The normalized spacial score (nSPS) is 30.4. The average Bonchev–Trinajstić information content (AvgIpc) is 3.45. The fraction of sp³-hybridized carbons (Fsp3) is 0.619. The van der Waals surface area contributed by atoms with Crippen molar-refractivity contribution in [1.29, 1.82) is 0 Å². The van der Waals surface area contributed by atoms with E-state index in [1.54, 1.807) is 11.9 Å². The maximum Gasteiger partial charge on any atom is 0.419 e. The topological polar surface area (TPSA) is 120 Å². The average molecular weight is 469 g/mol. The number of halogens is 3. The highest BCUT2D eigenvalue weighted by Crippen LogP contribution is 2.59. The van der Waals surface area contributed by atoms with E-state index in [4.69, 9.17) is 5.73 Å². The fourth-order valence-electron chi connectivity index (χ4n) is 5.45. The van der Waals surface area contributed by atoms with E-state index in [-0.39, 0.29) is 50.2 Å². The van der Waals surface area contributed by atoms with Gasteiger partial charge in [0.2, 0.25) is 11.8 Å². The minimum absolute atomic E-state index is 0.147. The van der Waals surface area contributed by atoms with E-state index < -0.39 is 41.0 Å². The Labute approximate surface area is 188 Å². The van der Waals surface area contributed by atoms with Gasteiger partial charge in [-0.3, -0.25) is 19.3 Å². The van der Waals surface area contributed by atoms with Gasteiger partial charge in [-0.2, -0.15) is 13.2 Å². The van der Waals surface area contributed by atoms with E-state index in [0.717, 1.165) is 6.07 Å². The number of anilines is 1. The van der Waals surface area contributed by atoms with E-state index in [0.29, 0.717) is 13.0 Å². The number of likely N-dealkylation sites (tertiary alicyclic amines) is 1. The van der Waals surface area contributed by atoms with Crippen LogP contribution in [0.5, 0.6) is 0 Å². The Morgan fingerprint density at radius 1 is 1.18 bits per heavy atom. The summed E-state index contributed by atoms with van der Waals surface area (Å²) in [7, 11) is 1.66. The first-order chi connectivity index (χ1) is 15.4. The number of piperazine rings is 1. The molecule has 4 atom stereocenters. The Balaban J connectivity index is 1.46. The number of primary amides is 1. The summed E-state index contributed by atoms with van der Waals surface area (Å²) < 4.78 is 40.0. The molecule has 0 aromatic carbocycles. The van der Waals surface area contributed by atoms with Crippen molar-refractivity contribution in [2.24, 2.45) is 23.0 Å². The number of pyridine rings is 1. The maximum atomic E-state index is 13.3. The molecule has 3 fully saturated rings. The molecule has 180 valence electrons. The Kier molecular flexibility index (Phi) is 5.75. The maximum absolute atomic E-state index is 13.3. The van der Waals surface area contributed by atoms with Gasteiger partial charge in [0.25, 0.3) is 0 Å². The number of likely N-dealkylation sites (N-methyl/N-ethyl adjacent to an activating group) is 1. The number of alkyl halides is 3. The third kappa shape index (κ3) is 4.23. The van der Waals surface area contributed by atoms with Crippen LogP contribution in [0, 0.1) is 17.3 Å². The molecule has 1 aromatic rings. The molecule has 33 heavy (non-hydrogen) atoms. The summed E-state index contributed by atoms with van der Waals surface area (Å²) in [6.07, 6.45) is -2.54. The Bertz CT molecular complexity index is 965. The standard InChI is InChI=1S/C21H26F3N5O4/c1-27-11-20(10-14(20)16(25)30)9-12(19(32)33)15(27)18(31)29-7-5-28(6-8-29)17-13(21(22,23)24)3-2-4-26-17/h2-4,12,14-15H,5-11H2,1H3,(H2,25,30)(H,32,33). The number of nitrogens with zero attached hydrogens (tertiary/aromatic N) is 4. The Morgan fingerprint density at radius 2 is 1.85 bits per heavy atom. The number of nitrogens with two attached hydrogens (primary N) is 1. The van der Waals surface area contributed by atoms with Crippen molar-refractivity contribution in [1.82, 2.24) is 14.8 Å². The second-order valence-corrected chi connectivity index (χ2v) is 9.21. The lowest BCUT2D eigenvalue weighted by Gasteiger charge is -2.44. The van der Waals surface area contributed by atoms with Crippen LogP contribution in [0.1, 0.15) is 18.4 Å². The van der Waals surface area contributed by atoms with Gasteiger partial charge in [0.1, 0.15) is 11.9 Å². The fourth-order valence-corrected chi connectivity index (χ4v) is 5.45. The van der Waals surface area contributed by atoms with Crippen molar-refractivity contribution in [3.8, 4) is 0 Å². The molecule has 1 spiro atoms. The number of carbonyl (C=O) groups excluding carboxylic acids is 2. The third-order valence-electron chi connectivity index (χ3n) is 7.13. The highest BCUT2D eigenvalue weighted by molar-refractivity contribution is 5.89. The van der Waals surface area contributed by atoms with E-state index in [1.807, 2.05) is 0 Å². The lowest BCUT2D eigenvalue weighted by atomic mass is 9.79. The third-order valence-corrected chi connectivity index (χ3v) is 7.13. The highest BCUT2D eigenvalue weighted by atomic mass is 19.4. The zero-order valence-corrected chi connectivity index (χ0v) is 18.1. The van der Waals surface area contributed by atoms with Crippen LogP contribution in [0.3, 0.4) is 0 Å². The van der Waals surface area contributed by atoms with Gasteiger partial charge in [-0.1, -0.05) is 0 Å². The van der Waals surface area contributed by atoms with Gasteiger partial charge in [0, 0.05) is 44.8 Å². The molecule has 2 aliphatic heterocycles. The number of piperidine rings is 1. The number of carboxylic acids is 1. The van der Waals surface area contributed by atoms with Crippen molar-refractivity contribution < 1.29 is 32.7 Å². The van der Waals surface area contributed by atoms with Gasteiger partial charge >= 0.3 is 12.1 Å². The lowest BCUT2D eigenvalue weighted by molar-refractivity contribution is -0.156. The molecule has 2 saturated heterocycles. The lowest BCUT2D eigenvalue weighted by Crippen LogP contribution is -2.61. The molecule has 2 amide bonds. The number of amides is 2. The first kappa shape index (κ1) is 23.3. The summed E-state index contributed by atoms with van der Waals surface area (Å²) in [5, 5.41) is 9.82. The van der Waals surface area contributed by atoms with Crippen LogP contribution >= 0.6 is 0 Å². The molecule has 4 unspecified atom stereocenters. The summed E-state index contributed by atoms with van der Waals surface area (Å²) in [5.41, 5.74) is 4.08. The summed E-state index contributed by atoms with van der Waals surface area (Å²) in [5.74, 6) is -3.50. The molecule has 0 bridgehead atoms. The van der Waals surface area contributed by atoms with Gasteiger partial charge in [-0.05, 0) is 37.4 Å². The summed E-state index contributed by atoms with van der Waals surface area (Å²) in [4.78, 5) is 45.5. The number of aromatic nitrogens is 1. The van der Waals surface area contributed by atoms with Gasteiger partial charge in [0.15, 0.2) is 0 Å². The predicted molar refractivity (Wildman–Crippen MR) is 110 cm³/mol. The minimum Gasteiger partial charge on any atom is -0.481 e. The molecule has 3 N–H and O–H groups in total. The minimum atomic E-state index is -4.54. The van der Waals surface area contributed by atoms with Crippen LogP contribution in [-0.4, -0.2) is 83.5 Å². The molecule has 12 heteroatoms. The van der Waals surface area contributed by atoms with Crippen LogP contribution in [0.25, 0.3) is 0 Å². The van der Waals surface area contributed by atoms with Crippen LogP contribution in [0.2, 0.25) is 0 Å². The zero-order valence-electron chi connectivity index (χ0n) is 18.1. The molecular formula is C21H26F3N5O4. The SMILES string of the molecule is CN1CC2(CC(C(=O)O)C1C(=O)N1CCN(c3ncccc3C(F)(F)F)CC1)CC2C(N)=O. The van der Waals surface area contributed by atoms with Gasteiger partial charge in [-0.25, -0.2) is 4.98 Å². The zero-order chi connectivity index (χ0) is 24.1. The molecule has 4 rings (SSSR count). The number of carboxylic acid groups (broad SMARTS) is 1. The van der Waals surface area contributed by atoms with Gasteiger partial charge in [-0.15, -0.1) is 0 Å². The number of carbonyl (C=O) groups is 3. The van der Waals surface area contributed by atoms with Crippen molar-refractivity contribution in [3.05, 3.63) is 23.9 Å². The number of hydrogen-bond donors (Lipinski definition) is 2. The van der Waals surface area contributed by atoms with Crippen molar-refractivity contribution in [2.75, 3.05) is 44.7 Å². The van der Waals surface area contributed by atoms with Gasteiger partial charge in [0.05, 0.1) is 11.5 Å². The van der Waals surface area contributed by atoms with Crippen LogP contribution < -0.4 is 10.6 Å². The molecule has 3 aliphatic rings. The van der Waals surface area contributed by atoms with E-state index in [2.05, 4.69) is 4.98 Å². The van der Waals surface area contributed by atoms with Crippen molar-refractivity contribution >= 4 is 23.6 Å². The van der Waals surface area contributed by atoms with E-state index in [1.165, 1.54) is 22.1 Å². The number of rotatable bonds is 4. The molecule has 1 aliphatic carbocycles. The van der Waals surface area contributed by atoms with E-state index in [9.17, 15) is 32.7 Å².